The fourth-order valence-corrected chi connectivity index (χ4v) is 4.17. The summed E-state index contributed by atoms with van der Waals surface area (Å²) in [5, 5.41) is 12.5. The lowest BCUT2D eigenvalue weighted by Crippen LogP contribution is -2.56. The quantitative estimate of drug-likeness (QED) is 0.845. The molecule has 140 valence electrons. The van der Waals surface area contributed by atoms with Crippen molar-refractivity contribution >= 4 is 17.8 Å². The Morgan fingerprint density at radius 1 is 1.27 bits per heavy atom. The Morgan fingerprint density at radius 3 is 2.69 bits per heavy atom. The Kier molecular flexibility index (Phi) is 5.30. The Morgan fingerprint density at radius 2 is 2.00 bits per heavy atom. The van der Waals surface area contributed by atoms with Crippen molar-refractivity contribution in [2.75, 3.05) is 6.54 Å². The molecular weight excluding hydrogens is 332 g/mol. The van der Waals surface area contributed by atoms with Crippen molar-refractivity contribution in [2.45, 2.75) is 51.1 Å². The summed E-state index contributed by atoms with van der Waals surface area (Å²) in [6.07, 6.45) is 3.20. The largest absolute Gasteiger partial charge is 0.481 e. The molecule has 1 saturated carbocycles. The summed E-state index contributed by atoms with van der Waals surface area (Å²) in [5.74, 6) is -2.08. The van der Waals surface area contributed by atoms with Gasteiger partial charge in [-0.1, -0.05) is 43.2 Å². The van der Waals surface area contributed by atoms with Gasteiger partial charge in [0.2, 0.25) is 11.8 Å². The third kappa shape index (κ3) is 3.89. The second-order valence-corrected chi connectivity index (χ2v) is 7.70. The topological polar surface area (TPSA) is 86.7 Å². The number of hydrogen-bond acceptors (Lipinski definition) is 3. The first-order valence-electron chi connectivity index (χ1n) is 9.25. The molecule has 1 aliphatic heterocycles. The maximum absolute atomic E-state index is 12.7. The summed E-state index contributed by atoms with van der Waals surface area (Å²) in [5.41, 5.74) is 0.295. The summed E-state index contributed by atoms with van der Waals surface area (Å²) in [6.45, 7) is 2.70. The van der Waals surface area contributed by atoms with Crippen LogP contribution in [0.15, 0.2) is 30.3 Å². The maximum Gasteiger partial charge on any atom is 0.308 e. The van der Waals surface area contributed by atoms with E-state index in [4.69, 9.17) is 0 Å². The highest BCUT2D eigenvalue weighted by molar-refractivity contribution is 5.90. The van der Waals surface area contributed by atoms with E-state index in [0.29, 0.717) is 25.9 Å². The maximum atomic E-state index is 12.7. The van der Waals surface area contributed by atoms with E-state index < -0.39 is 23.3 Å². The van der Waals surface area contributed by atoms with Gasteiger partial charge < -0.3 is 15.3 Å². The first kappa shape index (κ1) is 18.4. The number of carboxylic acid groups (broad SMARTS) is 1. The van der Waals surface area contributed by atoms with E-state index in [1.807, 2.05) is 37.3 Å². The van der Waals surface area contributed by atoms with Crippen LogP contribution in [0.25, 0.3) is 0 Å². The minimum atomic E-state index is -0.860. The Hall–Kier alpha value is -2.37. The van der Waals surface area contributed by atoms with Crippen molar-refractivity contribution in [1.29, 1.82) is 0 Å². The number of amides is 2. The highest BCUT2D eigenvalue weighted by Gasteiger charge is 2.44. The molecule has 0 radical (unpaired) electrons. The molecule has 1 aromatic carbocycles. The van der Waals surface area contributed by atoms with Crippen LogP contribution in [0.5, 0.6) is 0 Å². The number of nitrogens with one attached hydrogen (secondary N) is 1. The normalized spacial score (nSPS) is 28.8. The molecular formula is C20H26N2O4. The van der Waals surface area contributed by atoms with Gasteiger partial charge >= 0.3 is 5.97 Å². The molecule has 1 heterocycles. The molecule has 3 atom stereocenters. The van der Waals surface area contributed by atoms with E-state index >= 15 is 0 Å². The van der Waals surface area contributed by atoms with Crippen LogP contribution in [0.3, 0.4) is 0 Å². The van der Waals surface area contributed by atoms with Gasteiger partial charge in [0.1, 0.15) is 0 Å². The van der Waals surface area contributed by atoms with E-state index in [0.717, 1.165) is 18.4 Å². The SMILES string of the molecule is CC1(NC(=O)C2CC(=O)N(Cc3ccccc3)C2)CCCCC1C(=O)O. The van der Waals surface area contributed by atoms with Crippen LogP contribution >= 0.6 is 0 Å². The number of rotatable bonds is 5. The number of benzene rings is 1. The van der Waals surface area contributed by atoms with E-state index in [-0.39, 0.29) is 18.2 Å². The summed E-state index contributed by atoms with van der Waals surface area (Å²) in [7, 11) is 0. The van der Waals surface area contributed by atoms with E-state index in [1.54, 1.807) is 4.90 Å². The number of hydrogen-bond donors (Lipinski definition) is 2. The standard InChI is InChI=1S/C20H26N2O4/c1-20(10-6-5-9-16(20)19(25)26)21-18(24)15-11-17(23)22(13-15)12-14-7-3-2-4-8-14/h2-4,7-8,15-16H,5-6,9-13H2,1H3,(H,21,24)(H,25,26). The molecule has 3 unspecified atom stereocenters. The third-order valence-electron chi connectivity index (χ3n) is 5.72. The second kappa shape index (κ2) is 7.48. The first-order valence-corrected chi connectivity index (χ1v) is 9.25. The van der Waals surface area contributed by atoms with Crippen molar-refractivity contribution < 1.29 is 19.5 Å². The van der Waals surface area contributed by atoms with Crippen molar-refractivity contribution in [3.8, 4) is 0 Å². The minimum Gasteiger partial charge on any atom is -0.481 e. The van der Waals surface area contributed by atoms with Crippen LogP contribution in [-0.4, -0.2) is 39.9 Å². The fraction of sp³-hybridized carbons (Fsp3) is 0.550. The number of carboxylic acids is 1. The third-order valence-corrected chi connectivity index (χ3v) is 5.72. The van der Waals surface area contributed by atoms with Crippen molar-refractivity contribution in [3.63, 3.8) is 0 Å². The van der Waals surface area contributed by atoms with Gasteiger partial charge in [-0.2, -0.15) is 0 Å². The molecule has 2 fully saturated rings. The highest BCUT2D eigenvalue weighted by atomic mass is 16.4. The Bertz CT molecular complexity index is 690. The Balaban J connectivity index is 1.63. The smallest absolute Gasteiger partial charge is 0.308 e. The van der Waals surface area contributed by atoms with Crippen LogP contribution in [0, 0.1) is 11.8 Å². The van der Waals surface area contributed by atoms with Gasteiger partial charge in [0.05, 0.1) is 17.4 Å². The molecule has 3 rings (SSSR count). The molecule has 2 amide bonds. The molecule has 26 heavy (non-hydrogen) atoms. The van der Waals surface area contributed by atoms with Gasteiger partial charge in [-0.25, -0.2) is 0 Å². The Labute approximate surface area is 153 Å². The van der Waals surface area contributed by atoms with Crippen LogP contribution in [0.4, 0.5) is 0 Å². The molecule has 6 nitrogen and oxygen atoms in total. The molecule has 0 spiro atoms. The van der Waals surface area contributed by atoms with Gasteiger partial charge in [-0.15, -0.1) is 0 Å². The van der Waals surface area contributed by atoms with Gasteiger partial charge in [-0.3, -0.25) is 14.4 Å². The minimum absolute atomic E-state index is 0.0300. The fourth-order valence-electron chi connectivity index (χ4n) is 4.17. The predicted molar refractivity (Wildman–Crippen MR) is 96.1 cm³/mol. The van der Waals surface area contributed by atoms with Crippen LogP contribution in [-0.2, 0) is 20.9 Å². The zero-order valence-corrected chi connectivity index (χ0v) is 15.1. The van der Waals surface area contributed by atoms with Gasteiger partial charge in [0.15, 0.2) is 0 Å². The number of nitrogens with zero attached hydrogens (tertiary/aromatic N) is 1. The predicted octanol–water partition coefficient (Wildman–Crippen LogP) is 2.18. The molecule has 2 aliphatic rings. The average Bonchev–Trinajstić information content (AvgIpc) is 2.96. The summed E-state index contributed by atoms with van der Waals surface area (Å²) < 4.78 is 0. The number of carbonyl (C=O) groups excluding carboxylic acids is 2. The summed E-state index contributed by atoms with van der Waals surface area (Å²) >= 11 is 0. The lowest BCUT2D eigenvalue weighted by molar-refractivity contribution is -0.147. The molecule has 0 bridgehead atoms. The van der Waals surface area contributed by atoms with E-state index in [9.17, 15) is 19.5 Å². The summed E-state index contributed by atoms with van der Waals surface area (Å²) in [4.78, 5) is 38.3. The first-order chi connectivity index (χ1) is 12.4. The lowest BCUT2D eigenvalue weighted by Gasteiger charge is -2.40. The van der Waals surface area contributed by atoms with Crippen LogP contribution in [0.2, 0.25) is 0 Å². The molecule has 2 N–H and O–H groups in total. The van der Waals surface area contributed by atoms with Gasteiger partial charge in [0, 0.05) is 19.5 Å². The van der Waals surface area contributed by atoms with Gasteiger partial charge in [-0.05, 0) is 25.3 Å². The molecule has 0 aromatic heterocycles. The lowest BCUT2D eigenvalue weighted by atomic mass is 9.73. The van der Waals surface area contributed by atoms with Crippen molar-refractivity contribution in [3.05, 3.63) is 35.9 Å². The number of carbonyl (C=O) groups is 3. The van der Waals surface area contributed by atoms with Crippen molar-refractivity contribution in [1.82, 2.24) is 10.2 Å². The van der Waals surface area contributed by atoms with Crippen LogP contribution in [0.1, 0.15) is 44.6 Å². The van der Waals surface area contributed by atoms with Crippen LogP contribution < -0.4 is 5.32 Å². The number of likely N-dealkylation sites (tertiary alicyclic amines) is 1. The van der Waals surface area contributed by atoms with Crippen molar-refractivity contribution in [2.24, 2.45) is 11.8 Å². The monoisotopic (exact) mass is 358 g/mol. The highest BCUT2D eigenvalue weighted by Crippen LogP contribution is 2.34. The average molecular weight is 358 g/mol. The number of aliphatic carboxylic acids is 1. The summed E-state index contributed by atoms with van der Waals surface area (Å²) in [6, 6.07) is 9.70. The zero-order chi connectivity index (χ0) is 18.7. The van der Waals surface area contributed by atoms with E-state index in [2.05, 4.69) is 5.32 Å². The zero-order valence-electron chi connectivity index (χ0n) is 15.1. The second-order valence-electron chi connectivity index (χ2n) is 7.70. The van der Waals surface area contributed by atoms with E-state index in [1.165, 1.54) is 0 Å². The molecule has 1 saturated heterocycles. The molecule has 1 aliphatic carbocycles. The molecule has 1 aromatic rings. The molecule has 6 heteroatoms. The van der Waals surface area contributed by atoms with Gasteiger partial charge in [0.25, 0.3) is 0 Å².